The Hall–Kier alpha value is -1.10. The van der Waals surface area contributed by atoms with E-state index in [0.717, 1.165) is 12.8 Å². The molecule has 0 atom stereocenters. The van der Waals surface area contributed by atoms with Crippen molar-refractivity contribution in [2.24, 2.45) is 5.92 Å². The Labute approximate surface area is 89.0 Å². The molecule has 1 amide bonds. The van der Waals surface area contributed by atoms with Gasteiger partial charge in [-0.2, -0.15) is 0 Å². The van der Waals surface area contributed by atoms with Gasteiger partial charge in [0.2, 0.25) is 5.91 Å². The molecular weight excluding hydrogens is 198 g/mol. The van der Waals surface area contributed by atoms with Gasteiger partial charge < -0.3 is 14.7 Å². The molecule has 5 heteroatoms. The third kappa shape index (κ3) is 3.87. The molecule has 0 aromatic heterocycles. The maximum Gasteiger partial charge on any atom is 0.303 e. The average molecular weight is 215 g/mol. The molecule has 1 aliphatic heterocycles. The maximum atomic E-state index is 11.4. The largest absolute Gasteiger partial charge is 0.481 e. The number of likely N-dealkylation sites (tertiary alicyclic amines) is 1. The van der Waals surface area contributed by atoms with Gasteiger partial charge in [0.25, 0.3) is 0 Å². The number of aliphatic carboxylic acids is 1. The molecule has 0 spiro atoms. The monoisotopic (exact) mass is 215 g/mol. The van der Waals surface area contributed by atoms with Gasteiger partial charge in [-0.1, -0.05) is 0 Å². The number of carboxylic acids is 1. The Bertz CT molecular complexity index is 234. The molecule has 0 aliphatic carbocycles. The van der Waals surface area contributed by atoms with Crippen LogP contribution in [0, 0.1) is 5.92 Å². The summed E-state index contributed by atoms with van der Waals surface area (Å²) in [5, 5.41) is 8.62. The lowest BCUT2D eigenvalue weighted by Gasteiger charge is -2.31. The Kier molecular flexibility index (Phi) is 4.55. The second-order valence-corrected chi connectivity index (χ2v) is 3.86. The van der Waals surface area contributed by atoms with Crippen LogP contribution in [-0.2, 0) is 14.3 Å². The second kappa shape index (κ2) is 5.70. The fraction of sp³-hybridized carbons (Fsp3) is 0.800. The van der Waals surface area contributed by atoms with Crippen LogP contribution in [-0.4, -0.2) is 48.7 Å². The first-order valence-corrected chi connectivity index (χ1v) is 5.12. The van der Waals surface area contributed by atoms with Gasteiger partial charge in [0, 0.05) is 26.6 Å². The molecule has 0 radical (unpaired) electrons. The van der Waals surface area contributed by atoms with Gasteiger partial charge in [0.1, 0.15) is 6.61 Å². The lowest BCUT2D eigenvalue weighted by atomic mass is 9.94. The first-order chi connectivity index (χ1) is 7.13. The summed E-state index contributed by atoms with van der Waals surface area (Å²) in [6, 6.07) is 0. The summed E-state index contributed by atoms with van der Waals surface area (Å²) >= 11 is 0. The molecule has 0 aromatic rings. The standard InChI is InChI=1S/C10H17NO4/c1-15-7-9(12)11-4-2-8(3-5-11)6-10(13)14/h8H,2-7H2,1H3,(H,13,14). The lowest BCUT2D eigenvalue weighted by molar-refractivity contribution is -0.139. The van der Waals surface area contributed by atoms with E-state index in [1.165, 1.54) is 7.11 Å². The Morgan fingerprint density at radius 2 is 2.00 bits per heavy atom. The Morgan fingerprint density at radius 3 is 2.47 bits per heavy atom. The topological polar surface area (TPSA) is 66.8 Å². The first-order valence-electron chi connectivity index (χ1n) is 5.12. The normalized spacial score (nSPS) is 17.8. The molecule has 1 N–H and O–H groups in total. The van der Waals surface area contributed by atoms with Gasteiger partial charge >= 0.3 is 5.97 Å². The number of ether oxygens (including phenoxy) is 1. The van der Waals surface area contributed by atoms with E-state index in [4.69, 9.17) is 9.84 Å². The van der Waals surface area contributed by atoms with E-state index in [-0.39, 0.29) is 24.9 Å². The molecule has 0 bridgehead atoms. The molecule has 5 nitrogen and oxygen atoms in total. The van der Waals surface area contributed by atoms with Crippen molar-refractivity contribution in [2.75, 3.05) is 26.8 Å². The number of rotatable bonds is 4. The quantitative estimate of drug-likeness (QED) is 0.734. The molecule has 1 saturated heterocycles. The van der Waals surface area contributed by atoms with Crippen molar-refractivity contribution in [3.05, 3.63) is 0 Å². The third-order valence-corrected chi connectivity index (χ3v) is 2.70. The van der Waals surface area contributed by atoms with Crippen molar-refractivity contribution in [1.29, 1.82) is 0 Å². The van der Waals surface area contributed by atoms with Crippen molar-refractivity contribution in [2.45, 2.75) is 19.3 Å². The molecule has 1 fully saturated rings. The minimum Gasteiger partial charge on any atom is -0.481 e. The lowest BCUT2D eigenvalue weighted by Crippen LogP contribution is -2.40. The van der Waals surface area contributed by atoms with Gasteiger partial charge in [0.05, 0.1) is 0 Å². The average Bonchev–Trinajstić information content (AvgIpc) is 2.18. The van der Waals surface area contributed by atoms with Crippen LogP contribution >= 0.6 is 0 Å². The third-order valence-electron chi connectivity index (χ3n) is 2.70. The number of amides is 1. The van der Waals surface area contributed by atoms with Crippen molar-refractivity contribution in [3.63, 3.8) is 0 Å². The van der Waals surface area contributed by atoms with E-state index in [9.17, 15) is 9.59 Å². The van der Waals surface area contributed by atoms with E-state index in [1.807, 2.05) is 0 Å². The minimum absolute atomic E-state index is 0.00808. The zero-order chi connectivity index (χ0) is 11.3. The Morgan fingerprint density at radius 1 is 1.40 bits per heavy atom. The van der Waals surface area contributed by atoms with Gasteiger partial charge in [-0.3, -0.25) is 9.59 Å². The van der Waals surface area contributed by atoms with Crippen molar-refractivity contribution >= 4 is 11.9 Å². The molecule has 0 saturated carbocycles. The van der Waals surface area contributed by atoms with E-state index >= 15 is 0 Å². The molecule has 1 aliphatic rings. The Balaban J connectivity index is 2.29. The van der Waals surface area contributed by atoms with Crippen LogP contribution in [0.15, 0.2) is 0 Å². The predicted octanol–water partition coefficient (Wildman–Crippen LogP) is 0.346. The highest BCUT2D eigenvalue weighted by Gasteiger charge is 2.23. The summed E-state index contributed by atoms with van der Waals surface area (Å²) in [4.78, 5) is 23.6. The summed E-state index contributed by atoms with van der Waals surface area (Å²) < 4.78 is 4.76. The van der Waals surface area contributed by atoms with Crippen LogP contribution in [0.25, 0.3) is 0 Å². The summed E-state index contributed by atoms with van der Waals surface area (Å²) in [5.41, 5.74) is 0. The molecule has 1 heterocycles. The van der Waals surface area contributed by atoms with Crippen LogP contribution < -0.4 is 0 Å². The zero-order valence-electron chi connectivity index (χ0n) is 8.94. The predicted molar refractivity (Wildman–Crippen MR) is 53.4 cm³/mol. The van der Waals surface area contributed by atoms with Crippen molar-refractivity contribution < 1.29 is 19.4 Å². The molecule has 0 unspecified atom stereocenters. The highest BCUT2D eigenvalue weighted by Crippen LogP contribution is 2.20. The summed E-state index contributed by atoms with van der Waals surface area (Å²) in [7, 11) is 1.50. The first kappa shape index (κ1) is 12.0. The number of hydrogen-bond donors (Lipinski definition) is 1. The van der Waals surface area contributed by atoms with Crippen LogP contribution in [0.5, 0.6) is 0 Å². The minimum atomic E-state index is -0.753. The number of nitrogens with zero attached hydrogens (tertiary/aromatic N) is 1. The van der Waals surface area contributed by atoms with E-state index < -0.39 is 5.97 Å². The number of hydrogen-bond acceptors (Lipinski definition) is 3. The highest BCUT2D eigenvalue weighted by atomic mass is 16.5. The molecule has 1 rings (SSSR count). The maximum absolute atomic E-state index is 11.4. The number of piperidine rings is 1. The summed E-state index contributed by atoms with van der Waals surface area (Å²) in [6.07, 6.45) is 1.77. The van der Waals surface area contributed by atoms with E-state index in [1.54, 1.807) is 4.90 Å². The number of carbonyl (C=O) groups excluding carboxylic acids is 1. The van der Waals surface area contributed by atoms with E-state index in [2.05, 4.69) is 0 Å². The molecular formula is C10H17NO4. The zero-order valence-corrected chi connectivity index (χ0v) is 8.94. The number of methoxy groups -OCH3 is 1. The van der Waals surface area contributed by atoms with Gasteiger partial charge in [-0.15, -0.1) is 0 Å². The van der Waals surface area contributed by atoms with Gasteiger partial charge in [-0.25, -0.2) is 0 Å². The SMILES string of the molecule is COCC(=O)N1CCC(CC(=O)O)CC1. The molecule has 0 aromatic carbocycles. The van der Waals surface area contributed by atoms with Crippen molar-refractivity contribution in [1.82, 2.24) is 4.90 Å². The highest BCUT2D eigenvalue weighted by molar-refractivity contribution is 5.77. The van der Waals surface area contributed by atoms with Crippen LogP contribution in [0.1, 0.15) is 19.3 Å². The summed E-state index contributed by atoms with van der Waals surface area (Å²) in [6.45, 7) is 1.42. The van der Waals surface area contributed by atoms with Crippen molar-refractivity contribution in [3.8, 4) is 0 Å². The van der Waals surface area contributed by atoms with Gasteiger partial charge in [-0.05, 0) is 18.8 Å². The second-order valence-electron chi connectivity index (χ2n) is 3.86. The van der Waals surface area contributed by atoms with Crippen LogP contribution in [0.2, 0.25) is 0 Å². The van der Waals surface area contributed by atoms with E-state index in [0.29, 0.717) is 13.1 Å². The summed E-state index contributed by atoms with van der Waals surface area (Å²) in [5.74, 6) is -0.544. The van der Waals surface area contributed by atoms with Crippen LogP contribution in [0.3, 0.4) is 0 Å². The smallest absolute Gasteiger partial charge is 0.303 e. The van der Waals surface area contributed by atoms with Gasteiger partial charge in [0.15, 0.2) is 0 Å². The molecule has 86 valence electrons. The number of carbonyl (C=O) groups is 2. The fourth-order valence-electron chi connectivity index (χ4n) is 1.85. The fourth-order valence-corrected chi connectivity index (χ4v) is 1.85. The molecule has 15 heavy (non-hydrogen) atoms. The number of carboxylic acid groups (broad SMARTS) is 1. The van der Waals surface area contributed by atoms with Crippen LogP contribution in [0.4, 0.5) is 0 Å².